The second-order valence-electron chi connectivity index (χ2n) is 2.40. The molecule has 0 atom stereocenters. The number of nitrogens with one attached hydrogen (secondary N) is 1. The van der Waals surface area contributed by atoms with Crippen LogP contribution in [-0.4, -0.2) is 38.2 Å². The zero-order valence-corrected chi connectivity index (χ0v) is 6.67. The summed E-state index contributed by atoms with van der Waals surface area (Å²) in [7, 11) is 0. The van der Waals surface area contributed by atoms with Gasteiger partial charge in [-0.05, 0) is 0 Å². The lowest BCUT2D eigenvalue weighted by Gasteiger charge is -2.09. The summed E-state index contributed by atoms with van der Waals surface area (Å²) < 4.78 is 9.52. The number of hydrogen-bond donors (Lipinski definition) is 1. The Kier molecular flexibility index (Phi) is 3.53. The van der Waals surface area contributed by atoms with Gasteiger partial charge in [-0.2, -0.15) is 0 Å². The molecule has 68 valence electrons. The van der Waals surface area contributed by atoms with E-state index in [1.807, 2.05) is 0 Å². The van der Waals surface area contributed by atoms with Crippen molar-refractivity contribution < 1.29 is 19.1 Å². The summed E-state index contributed by atoms with van der Waals surface area (Å²) in [5, 5.41) is 2.61. The summed E-state index contributed by atoms with van der Waals surface area (Å²) in [4.78, 5) is 21.5. The molecule has 0 radical (unpaired) electrons. The summed E-state index contributed by atoms with van der Waals surface area (Å²) in [6, 6.07) is 0. The van der Waals surface area contributed by atoms with Crippen molar-refractivity contribution in [1.82, 2.24) is 5.32 Å². The van der Waals surface area contributed by atoms with Crippen LogP contribution in [0.5, 0.6) is 0 Å². The highest BCUT2D eigenvalue weighted by Crippen LogP contribution is 1.89. The monoisotopic (exact) mass is 173 g/mol. The lowest BCUT2D eigenvalue weighted by atomic mass is 10.4. The molecule has 5 heteroatoms. The first-order chi connectivity index (χ1) is 5.79. The number of cyclic esters (lactones) is 2. The molecule has 1 heterocycles. The largest absolute Gasteiger partial charge is 0.465 e. The van der Waals surface area contributed by atoms with Gasteiger partial charge in [0, 0.05) is 6.42 Å². The molecule has 0 aromatic rings. The topological polar surface area (TPSA) is 64.6 Å². The van der Waals surface area contributed by atoms with Crippen molar-refractivity contribution in [2.45, 2.75) is 6.42 Å². The Morgan fingerprint density at radius 2 is 1.50 bits per heavy atom. The number of hydrogen-bond acceptors (Lipinski definition) is 5. The SMILES string of the molecule is O=C1CNCC(=O)OCCCO1. The number of esters is 2. The minimum Gasteiger partial charge on any atom is -0.465 e. The molecule has 5 nitrogen and oxygen atoms in total. The van der Waals surface area contributed by atoms with Gasteiger partial charge in [-0.25, -0.2) is 0 Å². The van der Waals surface area contributed by atoms with E-state index in [0.717, 1.165) is 0 Å². The van der Waals surface area contributed by atoms with Crippen LogP contribution in [0.4, 0.5) is 0 Å². The van der Waals surface area contributed by atoms with Crippen molar-refractivity contribution in [3.8, 4) is 0 Å². The summed E-state index contributed by atoms with van der Waals surface area (Å²) >= 11 is 0. The van der Waals surface area contributed by atoms with Crippen LogP contribution in [0.25, 0.3) is 0 Å². The first-order valence-corrected chi connectivity index (χ1v) is 3.81. The first kappa shape index (κ1) is 8.99. The summed E-state index contributed by atoms with van der Waals surface area (Å²) in [5.41, 5.74) is 0. The molecule has 0 amide bonds. The highest BCUT2D eigenvalue weighted by atomic mass is 16.5. The molecule has 1 aliphatic rings. The van der Waals surface area contributed by atoms with E-state index in [1.165, 1.54) is 0 Å². The molecule has 0 aromatic carbocycles. The van der Waals surface area contributed by atoms with Crippen molar-refractivity contribution >= 4 is 11.9 Å². The van der Waals surface area contributed by atoms with E-state index in [-0.39, 0.29) is 25.0 Å². The first-order valence-electron chi connectivity index (χ1n) is 3.81. The molecule has 0 unspecified atom stereocenters. The van der Waals surface area contributed by atoms with Crippen LogP contribution >= 0.6 is 0 Å². The van der Waals surface area contributed by atoms with Gasteiger partial charge in [0.05, 0.1) is 26.3 Å². The number of rotatable bonds is 0. The summed E-state index contributed by atoms with van der Waals surface area (Å²) in [6.45, 7) is 0.756. The zero-order chi connectivity index (χ0) is 8.81. The molecule has 0 aliphatic carbocycles. The summed E-state index contributed by atoms with van der Waals surface area (Å²) in [6.07, 6.45) is 0.567. The Balaban J connectivity index is 2.31. The number of carbonyl (C=O) groups is 2. The van der Waals surface area contributed by atoms with Gasteiger partial charge in [-0.15, -0.1) is 0 Å². The van der Waals surface area contributed by atoms with Gasteiger partial charge in [-0.1, -0.05) is 0 Å². The molecule has 1 saturated heterocycles. The van der Waals surface area contributed by atoms with Crippen molar-refractivity contribution in [3.63, 3.8) is 0 Å². The third-order valence-electron chi connectivity index (χ3n) is 1.35. The maximum atomic E-state index is 10.8. The quantitative estimate of drug-likeness (QED) is 0.479. The van der Waals surface area contributed by atoms with E-state index in [0.29, 0.717) is 19.6 Å². The Bertz CT molecular complexity index is 162. The predicted octanol–water partition coefficient (Wildman–Crippen LogP) is -0.934. The lowest BCUT2D eigenvalue weighted by molar-refractivity contribution is -0.147. The smallest absolute Gasteiger partial charge is 0.319 e. The fourth-order valence-corrected chi connectivity index (χ4v) is 0.800. The standard InChI is InChI=1S/C7H11NO4/c9-6-4-8-5-7(10)12-3-1-2-11-6/h8H,1-5H2. The molecule has 12 heavy (non-hydrogen) atoms. The highest BCUT2D eigenvalue weighted by molar-refractivity contribution is 5.75. The Morgan fingerprint density at radius 3 is 2.00 bits per heavy atom. The molecular formula is C7H11NO4. The van der Waals surface area contributed by atoms with Gasteiger partial charge in [0.25, 0.3) is 0 Å². The fraction of sp³-hybridized carbons (Fsp3) is 0.714. The highest BCUT2D eigenvalue weighted by Gasteiger charge is 2.08. The van der Waals surface area contributed by atoms with Gasteiger partial charge < -0.3 is 9.47 Å². The third-order valence-corrected chi connectivity index (χ3v) is 1.35. The number of carbonyl (C=O) groups excluding carboxylic acids is 2. The van der Waals surface area contributed by atoms with Crippen LogP contribution in [0.15, 0.2) is 0 Å². The predicted molar refractivity (Wildman–Crippen MR) is 39.4 cm³/mol. The van der Waals surface area contributed by atoms with Crippen molar-refractivity contribution in [2.24, 2.45) is 0 Å². The van der Waals surface area contributed by atoms with Gasteiger partial charge in [0.15, 0.2) is 0 Å². The molecule has 1 aliphatic heterocycles. The summed E-state index contributed by atoms with van der Waals surface area (Å²) in [5.74, 6) is -0.658. The molecule has 0 bridgehead atoms. The van der Waals surface area contributed by atoms with Crippen LogP contribution in [0.2, 0.25) is 0 Å². The van der Waals surface area contributed by atoms with Gasteiger partial charge in [0.2, 0.25) is 0 Å². The average molecular weight is 173 g/mol. The molecular weight excluding hydrogens is 162 g/mol. The molecule has 1 fully saturated rings. The molecule has 0 spiro atoms. The van der Waals surface area contributed by atoms with Crippen LogP contribution < -0.4 is 5.32 Å². The maximum absolute atomic E-state index is 10.8. The van der Waals surface area contributed by atoms with Gasteiger partial charge in [0.1, 0.15) is 0 Å². The van der Waals surface area contributed by atoms with Crippen molar-refractivity contribution in [2.75, 3.05) is 26.3 Å². The normalized spacial score (nSPS) is 21.0. The van der Waals surface area contributed by atoms with Crippen LogP contribution in [0.3, 0.4) is 0 Å². The molecule has 1 rings (SSSR count). The maximum Gasteiger partial charge on any atom is 0.319 e. The van der Waals surface area contributed by atoms with E-state index in [4.69, 9.17) is 9.47 Å². The van der Waals surface area contributed by atoms with E-state index < -0.39 is 0 Å². The van der Waals surface area contributed by atoms with E-state index in [9.17, 15) is 9.59 Å². The van der Waals surface area contributed by atoms with Crippen molar-refractivity contribution in [1.29, 1.82) is 0 Å². The molecule has 1 N–H and O–H groups in total. The van der Waals surface area contributed by atoms with E-state index >= 15 is 0 Å². The van der Waals surface area contributed by atoms with E-state index in [1.54, 1.807) is 0 Å². The fourth-order valence-electron chi connectivity index (χ4n) is 0.800. The second-order valence-corrected chi connectivity index (χ2v) is 2.40. The lowest BCUT2D eigenvalue weighted by Crippen LogP contribution is -2.32. The van der Waals surface area contributed by atoms with Crippen molar-refractivity contribution in [3.05, 3.63) is 0 Å². The Labute approximate surface area is 70.0 Å². The minimum absolute atomic E-state index is 0.0646. The third kappa shape index (κ3) is 3.34. The van der Waals surface area contributed by atoms with E-state index in [2.05, 4.69) is 5.32 Å². The minimum atomic E-state index is -0.329. The van der Waals surface area contributed by atoms with Crippen LogP contribution in [-0.2, 0) is 19.1 Å². The second kappa shape index (κ2) is 4.71. The van der Waals surface area contributed by atoms with Crippen LogP contribution in [0.1, 0.15) is 6.42 Å². The van der Waals surface area contributed by atoms with Crippen LogP contribution in [0, 0.1) is 0 Å². The van der Waals surface area contributed by atoms with Gasteiger partial charge >= 0.3 is 11.9 Å². The Hall–Kier alpha value is -1.10. The number of ether oxygens (including phenoxy) is 2. The zero-order valence-electron chi connectivity index (χ0n) is 6.67. The molecule has 0 aromatic heterocycles. The molecule has 0 saturated carbocycles. The Morgan fingerprint density at radius 1 is 1.00 bits per heavy atom. The average Bonchev–Trinajstić information content (AvgIpc) is 2.04. The van der Waals surface area contributed by atoms with Gasteiger partial charge in [-0.3, -0.25) is 14.9 Å².